The van der Waals surface area contributed by atoms with Gasteiger partial charge in [-0.15, -0.1) is 10.2 Å². The van der Waals surface area contributed by atoms with Gasteiger partial charge in [0.05, 0.1) is 5.69 Å². The molecule has 0 aliphatic carbocycles. The van der Waals surface area contributed by atoms with E-state index in [0.29, 0.717) is 11.8 Å². The molecular formula is C13H24N4O. The van der Waals surface area contributed by atoms with Gasteiger partial charge >= 0.3 is 0 Å². The molecule has 0 aliphatic rings. The van der Waals surface area contributed by atoms with Crippen LogP contribution < -0.4 is 0 Å². The zero-order chi connectivity index (χ0) is 14.4. The molecule has 0 saturated heterocycles. The van der Waals surface area contributed by atoms with Crippen LogP contribution in [-0.4, -0.2) is 20.2 Å². The molecule has 0 spiro atoms. The van der Waals surface area contributed by atoms with Crippen molar-refractivity contribution >= 4 is 0 Å². The third kappa shape index (κ3) is 10.7. The van der Waals surface area contributed by atoms with E-state index < -0.39 is 0 Å². The van der Waals surface area contributed by atoms with Gasteiger partial charge in [0.1, 0.15) is 0 Å². The number of nitrogens with zero attached hydrogens (tertiary/aromatic N) is 4. The summed E-state index contributed by atoms with van der Waals surface area (Å²) in [4.78, 5) is 7.74. The fourth-order valence-electron chi connectivity index (χ4n) is 0.769. The molecule has 0 bridgehead atoms. The average molecular weight is 252 g/mol. The minimum Gasteiger partial charge on any atom is -0.426 e. The molecule has 2 aromatic rings. The van der Waals surface area contributed by atoms with E-state index in [9.17, 15) is 0 Å². The van der Waals surface area contributed by atoms with Crippen LogP contribution in [0.5, 0.6) is 0 Å². The van der Waals surface area contributed by atoms with Crippen molar-refractivity contribution in [2.75, 3.05) is 0 Å². The van der Waals surface area contributed by atoms with Crippen LogP contribution in [0, 0.1) is 20.8 Å². The lowest BCUT2D eigenvalue weighted by Crippen LogP contribution is -1.77. The van der Waals surface area contributed by atoms with E-state index >= 15 is 0 Å². The Morgan fingerprint density at radius 1 is 0.833 bits per heavy atom. The predicted octanol–water partition coefficient (Wildman–Crippen LogP) is 3.52. The maximum Gasteiger partial charge on any atom is 0.213 e. The summed E-state index contributed by atoms with van der Waals surface area (Å²) in [7, 11) is 0. The highest BCUT2D eigenvalue weighted by molar-refractivity contribution is 4.88. The fraction of sp³-hybridized carbons (Fsp3) is 0.538. The molecule has 0 fully saturated rings. The zero-order valence-electron chi connectivity index (χ0n) is 12.4. The molecule has 0 atom stereocenters. The quantitative estimate of drug-likeness (QED) is 0.717. The lowest BCUT2D eigenvalue weighted by atomic mass is 10.5. The normalized spacial score (nSPS) is 7.72. The van der Waals surface area contributed by atoms with Crippen LogP contribution in [0.4, 0.5) is 0 Å². The molecule has 18 heavy (non-hydrogen) atoms. The number of aromatic nitrogens is 4. The Morgan fingerprint density at radius 2 is 1.33 bits per heavy atom. The number of hydrogen-bond donors (Lipinski definition) is 0. The van der Waals surface area contributed by atoms with Crippen molar-refractivity contribution in [3.05, 3.63) is 36.1 Å². The number of aryl methyl sites for hydroxylation is 3. The average Bonchev–Trinajstić information content (AvgIpc) is 2.80. The lowest BCUT2D eigenvalue weighted by Gasteiger charge is -1.81. The molecule has 0 N–H and O–H groups in total. The predicted molar refractivity (Wildman–Crippen MR) is 73.2 cm³/mol. The topological polar surface area (TPSA) is 64.7 Å². The van der Waals surface area contributed by atoms with E-state index in [1.807, 2.05) is 34.6 Å². The second-order valence-electron chi connectivity index (χ2n) is 2.69. The Hall–Kier alpha value is -1.78. The summed E-state index contributed by atoms with van der Waals surface area (Å²) in [6, 6.07) is 0. The highest BCUT2D eigenvalue weighted by atomic mass is 16.4. The van der Waals surface area contributed by atoms with Gasteiger partial charge in [0.15, 0.2) is 0 Å². The first-order chi connectivity index (χ1) is 8.68. The summed E-state index contributed by atoms with van der Waals surface area (Å²) in [6.07, 6.45) is 5.06. The summed E-state index contributed by atoms with van der Waals surface area (Å²) in [5, 5.41) is 7.20. The molecule has 0 aromatic carbocycles. The van der Waals surface area contributed by atoms with E-state index in [0.717, 1.165) is 5.69 Å². The first kappa shape index (κ1) is 18.6. The highest BCUT2D eigenvalue weighted by Gasteiger charge is 1.89. The van der Waals surface area contributed by atoms with Gasteiger partial charge in [0.25, 0.3) is 0 Å². The van der Waals surface area contributed by atoms with E-state index in [4.69, 9.17) is 4.42 Å². The van der Waals surface area contributed by atoms with Gasteiger partial charge in [-0.3, -0.25) is 9.97 Å². The van der Waals surface area contributed by atoms with Gasteiger partial charge in [-0.25, -0.2) is 0 Å². The second kappa shape index (κ2) is 13.3. The molecule has 2 aromatic heterocycles. The van der Waals surface area contributed by atoms with Crippen LogP contribution in [-0.2, 0) is 0 Å². The van der Waals surface area contributed by atoms with Gasteiger partial charge in [0, 0.05) is 32.4 Å². The molecule has 0 amide bonds. The van der Waals surface area contributed by atoms with E-state index in [1.165, 1.54) is 0 Å². The standard InChI is InChI=1S/C5H6N2.C4H6N2O.2C2H6/c1-5-4-6-2-3-7-5;1-3-5-6-4(2)7-3;2*1-2/h2-4H,1H3;1-2H3;2*1-2H3. The summed E-state index contributed by atoms with van der Waals surface area (Å²) in [6.45, 7) is 13.4. The minimum absolute atomic E-state index is 0.623. The van der Waals surface area contributed by atoms with Crippen molar-refractivity contribution < 1.29 is 4.42 Å². The van der Waals surface area contributed by atoms with E-state index in [-0.39, 0.29) is 0 Å². The maximum atomic E-state index is 4.86. The second-order valence-corrected chi connectivity index (χ2v) is 2.69. The van der Waals surface area contributed by atoms with Crippen LogP contribution in [0.2, 0.25) is 0 Å². The first-order valence-corrected chi connectivity index (χ1v) is 6.18. The van der Waals surface area contributed by atoms with Crippen LogP contribution in [0.25, 0.3) is 0 Å². The third-order valence-electron chi connectivity index (χ3n) is 1.32. The fourth-order valence-corrected chi connectivity index (χ4v) is 0.769. The smallest absolute Gasteiger partial charge is 0.213 e. The molecule has 2 heterocycles. The Balaban J connectivity index is 0. The van der Waals surface area contributed by atoms with Crippen molar-refractivity contribution in [2.24, 2.45) is 0 Å². The largest absolute Gasteiger partial charge is 0.426 e. The monoisotopic (exact) mass is 252 g/mol. The molecule has 5 heteroatoms. The SMILES string of the molecule is CC.CC.Cc1cnccn1.Cc1nnc(C)o1. The summed E-state index contributed by atoms with van der Waals surface area (Å²) in [5.41, 5.74) is 0.961. The first-order valence-electron chi connectivity index (χ1n) is 6.18. The maximum absolute atomic E-state index is 4.86. The van der Waals surface area contributed by atoms with Gasteiger partial charge in [-0.05, 0) is 6.92 Å². The van der Waals surface area contributed by atoms with Crippen LogP contribution in [0.15, 0.2) is 23.0 Å². The molecule has 102 valence electrons. The van der Waals surface area contributed by atoms with E-state index in [2.05, 4.69) is 20.2 Å². The van der Waals surface area contributed by atoms with Gasteiger partial charge in [0.2, 0.25) is 11.8 Å². The van der Waals surface area contributed by atoms with Gasteiger partial charge in [-0.2, -0.15) is 0 Å². The third-order valence-corrected chi connectivity index (χ3v) is 1.32. The van der Waals surface area contributed by atoms with Crippen molar-refractivity contribution in [3.8, 4) is 0 Å². The number of hydrogen-bond acceptors (Lipinski definition) is 5. The Bertz CT molecular complexity index is 357. The number of rotatable bonds is 0. The van der Waals surface area contributed by atoms with Crippen molar-refractivity contribution in [1.29, 1.82) is 0 Å². The minimum atomic E-state index is 0.623. The van der Waals surface area contributed by atoms with Crippen LogP contribution >= 0.6 is 0 Å². The van der Waals surface area contributed by atoms with Crippen molar-refractivity contribution in [3.63, 3.8) is 0 Å². The Morgan fingerprint density at radius 3 is 1.50 bits per heavy atom. The van der Waals surface area contributed by atoms with Crippen molar-refractivity contribution in [2.45, 2.75) is 48.5 Å². The molecule has 5 nitrogen and oxygen atoms in total. The molecule has 0 aliphatic heterocycles. The Kier molecular flexibility index (Phi) is 13.7. The highest BCUT2D eigenvalue weighted by Crippen LogP contribution is 1.92. The van der Waals surface area contributed by atoms with Crippen LogP contribution in [0.1, 0.15) is 45.2 Å². The Labute approximate surface area is 110 Å². The van der Waals surface area contributed by atoms with Gasteiger partial charge < -0.3 is 4.42 Å². The molecule has 0 saturated carbocycles. The summed E-state index contributed by atoms with van der Waals surface area (Å²) in [5.74, 6) is 1.25. The molecule has 2 rings (SSSR count). The summed E-state index contributed by atoms with van der Waals surface area (Å²) < 4.78 is 4.86. The van der Waals surface area contributed by atoms with Crippen molar-refractivity contribution in [1.82, 2.24) is 20.2 Å². The molecule has 0 radical (unpaired) electrons. The molecular weight excluding hydrogens is 228 g/mol. The molecule has 0 unspecified atom stereocenters. The lowest BCUT2D eigenvalue weighted by molar-refractivity contribution is 0.489. The zero-order valence-corrected chi connectivity index (χ0v) is 12.4. The summed E-state index contributed by atoms with van der Waals surface area (Å²) >= 11 is 0. The van der Waals surface area contributed by atoms with E-state index in [1.54, 1.807) is 32.4 Å². The van der Waals surface area contributed by atoms with Gasteiger partial charge in [-0.1, -0.05) is 27.7 Å². The van der Waals surface area contributed by atoms with Crippen LogP contribution in [0.3, 0.4) is 0 Å².